The Kier molecular flexibility index (Phi) is 5.29. The molecule has 146 valence electrons. The molecule has 0 fully saturated rings. The number of allylic oxidation sites excluding steroid dienone is 1. The number of nitrogens with zero attached hydrogens (tertiary/aromatic N) is 2. The maximum atomic E-state index is 13.2. The van der Waals surface area contributed by atoms with Crippen LogP contribution in [0.4, 0.5) is 0 Å². The Labute approximate surface area is 162 Å². The number of ether oxygens (including phenoxy) is 3. The largest absolute Gasteiger partial charge is 0.493 e. The van der Waals surface area contributed by atoms with E-state index >= 15 is 0 Å². The van der Waals surface area contributed by atoms with Crippen LogP contribution >= 0.6 is 0 Å². The molecule has 8 nitrogen and oxygen atoms in total. The molecule has 3 N–H and O–H groups in total. The second-order valence-corrected chi connectivity index (χ2v) is 6.28. The average molecular weight is 383 g/mol. The zero-order valence-electron chi connectivity index (χ0n) is 15.9. The van der Waals surface area contributed by atoms with E-state index in [1.165, 1.54) is 18.8 Å². The van der Waals surface area contributed by atoms with Crippen molar-refractivity contribution in [3.8, 4) is 23.3 Å². The zero-order valence-corrected chi connectivity index (χ0v) is 15.9. The van der Waals surface area contributed by atoms with Crippen molar-refractivity contribution in [2.24, 2.45) is 5.73 Å². The number of hydrogen-bond donors (Lipinski definition) is 2. The van der Waals surface area contributed by atoms with Crippen LogP contribution in [0.3, 0.4) is 0 Å². The van der Waals surface area contributed by atoms with Crippen molar-refractivity contribution in [3.05, 3.63) is 62.9 Å². The molecule has 1 aromatic carbocycles. The molecular formula is C20H21N3O5. The van der Waals surface area contributed by atoms with E-state index in [1.807, 2.05) is 0 Å². The van der Waals surface area contributed by atoms with Gasteiger partial charge in [0, 0.05) is 18.3 Å². The average Bonchev–Trinajstić information content (AvgIpc) is 2.69. The fourth-order valence-corrected chi connectivity index (χ4v) is 3.43. The summed E-state index contributed by atoms with van der Waals surface area (Å²) in [6, 6.07) is 8.91. The van der Waals surface area contributed by atoms with Gasteiger partial charge in [-0.1, -0.05) is 6.07 Å². The lowest BCUT2D eigenvalue weighted by Crippen LogP contribution is -2.33. The molecule has 2 heterocycles. The molecule has 1 aromatic heterocycles. The molecule has 0 bridgehead atoms. The van der Waals surface area contributed by atoms with Gasteiger partial charge in [0.1, 0.15) is 17.4 Å². The quantitative estimate of drug-likeness (QED) is 0.800. The van der Waals surface area contributed by atoms with Crippen LogP contribution < -0.4 is 25.5 Å². The molecule has 0 saturated carbocycles. The number of hydrogen-bond acceptors (Lipinski definition) is 7. The molecule has 1 aliphatic rings. The third-order valence-corrected chi connectivity index (χ3v) is 4.75. The monoisotopic (exact) mass is 383 g/mol. The van der Waals surface area contributed by atoms with E-state index in [-0.39, 0.29) is 35.7 Å². The lowest BCUT2D eigenvalue weighted by molar-refractivity contribution is 0.272. The first kappa shape index (κ1) is 19.3. The zero-order chi connectivity index (χ0) is 20.4. The minimum atomic E-state index is -0.730. The van der Waals surface area contributed by atoms with E-state index in [2.05, 4.69) is 6.07 Å². The predicted molar refractivity (Wildman–Crippen MR) is 101 cm³/mol. The number of pyridine rings is 1. The summed E-state index contributed by atoms with van der Waals surface area (Å²) in [7, 11) is 3.03. The Hall–Kier alpha value is -3.44. The smallest absolute Gasteiger partial charge is 0.258 e. The van der Waals surface area contributed by atoms with Crippen molar-refractivity contribution in [2.45, 2.75) is 19.4 Å². The van der Waals surface area contributed by atoms with Crippen LogP contribution in [0.2, 0.25) is 0 Å². The molecule has 2 aromatic rings. The molecule has 0 aliphatic carbocycles. The van der Waals surface area contributed by atoms with E-state index < -0.39 is 5.92 Å². The summed E-state index contributed by atoms with van der Waals surface area (Å²) in [5, 5.41) is 19.0. The Bertz CT molecular complexity index is 1050. The Morgan fingerprint density at radius 3 is 2.61 bits per heavy atom. The summed E-state index contributed by atoms with van der Waals surface area (Å²) in [6.07, 6.45) is 0. The highest BCUT2D eigenvalue weighted by Gasteiger charge is 2.34. The highest BCUT2D eigenvalue weighted by atomic mass is 16.5. The number of benzene rings is 1. The van der Waals surface area contributed by atoms with Crippen molar-refractivity contribution in [2.75, 3.05) is 20.8 Å². The number of rotatable bonds is 5. The van der Waals surface area contributed by atoms with E-state index in [9.17, 15) is 15.2 Å². The third kappa shape index (κ3) is 3.06. The van der Waals surface area contributed by atoms with Gasteiger partial charge in [0.2, 0.25) is 5.88 Å². The van der Waals surface area contributed by atoms with Crippen LogP contribution in [0.25, 0.3) is 0 Å². The maximum absolute atomic E-state index is 13.2. The minimum absolute atomic E-state index is 0.0477. The topological polar surface area (TPSA) is 120 Å². The third-order valence-electron chi connectivity index (χ3n) is 4.75. The van der Waals surface area contributed by atoms with Gasteiger partial charge >= 0.3 is 0 Å². The number of nitrogens with two attached hydrogens (primary N) is 1. The number of aryl methyl sites for hydroxylation is 1. The standard InChI is InChI=1S/C20H21N3O5/c1-11-8-16-18(20(25)23(11)6-7-24)17(13(10-21)19(22)28-16)12-4-5-14(26-2)15(9-12)27-3/h4-5,8-9,17,24H,6-7,22H2,1-3H3/t17-/m1/s1. The number of aliphatic hydroxyl groups excluding tert-OH is 1. The molecule has 0 saturated heterocycles. The van der Waals surface area contributed by atoms with Crippen LogP contribution in [0.1, 0.15) is 22.7 Å². The van der Waals surface area contributed by atoms with Crippen molar-refractivity contribution in [3.63, 3.8) is 0 Å². The SMILES string of the molecule is COc1ccc([C@@H]2C(C#N)=C(N)Oc3cc(C)n(CCO)c(=O)c32)cc1OC. The van der Waals surface area contributed by atoms with Crippen molar-refractivity contribution >= 4 is 0 Å². The van der Waals surface area contributed by atoms with Gasteiger partial charge in [-0.25, -0.2) is 0 Å². The Balaban J connectivity index is 2.30. The van der Waals surface area contributed by atoms with Gasteiger partial charge < -0.3 is 29.6 Å². The molecule has 1 aliphatic heterocycles. The highest BCUT2D eigenvalue weighted by molar-refractivity contribution is 5.57. The number of aliphatic hydroxyl groups is 1. The molecule has 8 heteroatoms. The van der Waals surface area contributed by atoms with E-state index in [0.717, 1.165) is 0 Å². The summed E-state index contributed by atoms with van der Waals surface area (Å²) >= 11 is 0. The van der Waals surface area contributed by atoms with Gasteiger partial charge in [0.15, 0.2) is 11.5 Å². The van der Waals surface area contributed by atoms with Crippen LogP contribution in [0.5, 0.6) is 17.2 Å². The van der Waals surface area contributed by atoms with Gasteiger partial charge in [0.25, 0.3) is 5.56 Å². The van der Waals surface area contributed by atoms with Gasteiger partial charge in [0.05, 0.1) is 32.3 Å². The number of aromatic nitrogens is 1. The number of fused-ring (bicyclic) bond motifs is 1. The molecule has 0 amide bonds. The lowest BCUT2D eigenvalue weighted by atomic mass is 9.84. The summed E-state index contributed by atoms with van der Waals surface area (Å²) in [5.41, 5.74) is 7.33. The van der Waals surface area contributed by atoms with Gasteiger partial charge in [-0.3, -0.25) is 4.79 Å². The second kappa shape index (κ2) is 7.66. The fourth-order valence-electron chi connectivity index (χ4n) is 3.43. The van der Waals surface area contributed by atoms with E-state index in [4.69, 9.17) is 19.9 Å². The summed E-state index contributed by atoms with van der Waals surface area (Å²) in [6.45, 7) is 1.69. The summed E-state index contributed by atoms with van der Waals surface area (Å²) < 4.78 is 17.7. The summed E-state index contributed by atoms with van der Waals surface area (Å²) in [4.78, 5) is 13.2. The Morgan fingerprint density at radius 2 is 2.00 bits per heavy atom. The van der Waals surface area contributed by atoms with Crippen LogP contribution in [0, 0.1) is 18.3 Å². The fraction of sp³-hybridized carbons (Fsp3) is 0.300. The first-order chi connectivity index (χ1) is 13.5. The molecule has 3 rings (SSSR count). The number of methoxy groups -OCH3 is 2. The minimum Gasteiger partial charge on any atom is -0.493 e. The van der Waals surface area contributed by atoms with E-state index in [0.29, 0.717) is 28.5 Å². The predicted octanol–water partition coefficient (Wildman–Crippen LogP) is 1.38. The maximum Gasteiger partial charge on any atom is 0.258 e. The molecule has 1 atom stereocenters. The molecule has 0 radical (unpaired) electrons. The normalized spacial score (nSPS) is 15.5. The molecule has 0 unspecified atom stereocenters. The highest BCUT2D eigenvalue weighted by Crippen LogP contribution is 2.42. The first-order valence-corrected chi connectivity index (χ1v) is 8.61. The molecule has 0 spiro atoms. The van der Waals surface area contributed by atoms with Crippen molar-refractivity contribution < 1.29 is 19.3 Å². The van der Waals surface area contributed by atoms with Gasteiger partial charge in [-0.2, -0.15) is 5.26 Å². The van der Waals surface area contributed by atoms with Crippen LogP contribution in [-0.4, -0.2) is 30.5 Å². The van der Waals surface area contributed by atoms with Gasteiger partial charge in [-0.05, 0) is 24.6 Å². The molecule has 28 heavy (non-hydrogen) atoms. The van der Waals surface area contributed by atoms with E-state index in [1.54, 1.807) is 31.2 Å². The van der Waals surface area contributed by atoms with Crippen molar-refractivity contribution in [1.29, 1.82) is 5.26 Å². The second-order valence-electron chi connectivity index (χ2n) is 6.28. The van der Waals surface area contributed by atoms with Crippen LogP contribution in [0.15, 0.2) is 40.5 Å². The van der Waals surface area contributed by atoms with Gasteiger partial charge in [-0.15, -0.1) is 0 Å². The number of nitriles is 1. The molecular weight excluding hydrogens is 362 g/mol. The Morgan fingerprint density at radius 1 is 1.29 bits per heavy atom. The lowest BCUT2D eigenvalue weighted by Gasteiger charge is -2.27. The summed E-state index contributed by atoms with van der Waals surface area (Å²) in [5.74, 6) is 0.510. The van der Waals surface area contributed by atoms with Crippen LogP contribution in [-0.2, 0) is 6.54 Å². The first-order valence-electron chi connectivity index (χ1n) is 8.61. The van der Waals surface area contributed by atoms with Crippen molar-refractivity contribution in [1.82, 2.24) is 4.57 Å².